The van der Waals surface area contributed by atoms with Crippen molar-refractivity contribution in [3.8, 4) is 0 Å². The van der Waals surface area contributed by atoms with Crippen LogP contribution in [0.3, 0.4) is 0 Å². The molecule has 0 fully saturated rings. The van der Waals surface area contributed by atoms with Crippen LogP contribution in [0.1, 0.15) is 41.0 Å². The molecule has 0 aromatic heterocycles. The number of hydrogen-bond donors (Lipinski definition) is 1. The summed E-state index contributed by atoms with van der Waals surface area (Å²) in [4.78, 5) is 11.2. The molecule has 0 heterocycles. The normalized spacial score (nSPS) is 14.9. The number of rotatable bonds is 4. The third kappa shape index (κ3) is 4.50. The standard InChI is InChI=1S/C10H20O2/c1-7(2)9(8(3)11)6-10(4,5)12/h7,9,12H,6H2,1-5H3. The van der Waals surface area contributed by atoms with Crippen LogP contribution in [0, 0.1) is 11.8 Å². The molecule has 1 unspecified atom stereocenters. The number of aliphatic hydroxyl groups is 1. The Morgan fingerprint density at radius 3 is 1.92 bits per heavy atom. The van der Waals surface area contributed by atoms with Gasteiger partial charge in [-0.2, -0.15) is 0 Å². The van der Waals surface area contributed by atoms with Crippen LogP contribution in [-0.2, 0) is 4.79 Å². The molecule has 0 rings (SSSR count). The maximum absolute atomic E-state index is 11.2. The summed E-state index contributed by atoms with van der Waals surface area (Å²) in [5.41, 5.74) is -0.736. The number of hydrogen-bond acceptors (Lipinski definition) is 2. The highest BCUT2D eigenvalue weighted by atomic mass is 16.3. The van der Waals surface area contributed by atoms with Crippen molar-refractivity contribution in [2.75, 3.05) is 0 Å². The molecule has 1 N–H and O–H groups in total. The minimum Gasteiger partial charge on any atom is -0.390 e. The Balaban J connectivity index is 4.25. The van der Waals surface area contributed by atoms with E-state index in [1.165, 1.54) is 0 Å². The summed E-state index contributed by atoms with van der Waals surface area (Å²) in [7, 11) is 0. The van der Waals surface area contributed by atoms with E-state index in [1.54, 1.807) is 20.8 Å². The van der Waals surface area contributed by atoms with Gasteiger partial charge < -0.3 is 5.11 Å². The Morgan fingerprint density at radius 2 is 1.83 bits per heavy atom. The SMILES string of the molecule is CC(=O)C(CC(C)(C)O)C(C)C. The minimum atomic E-state index is -0.736. The van der Waals surface area contributed by atoms with Crippen LogP contribution in [0.5, 0.6) is 0 Å². The number of carbonyl (C=O) groups is 1. The average molecular weight is 172 g/mol. The van der Waals surface area contributed by atoms with Crippen LogP contribution in [0.4, 0.5) is 0 Å². The van der Waals surface area contributed by atoms with Crippen LogP contribution in [0.15, 0.2) is 0 Å². The Labute approximate surface area is 75.0 Å². The van der Waals surface area contributed by atoms with E-state index in [1.807, 2.05) is 13.8 Å². The Kier molecular flexibility index (Phi) is 3.91. The predicted octanol–water partition coefficient (Wildman–Crippen LogP) is 2.01. The molecule has 0 saturated heterocycles. The van der Waals surface area contributed by atoms with Crippen molar-refractivity contribution in [1.82, 2.24) is 0 Å². The molecule has 1 atom stereocenters. The zero-order chi connectivity index (χ0) is 9.94. The van der Waals surface area contributed by atoms with Crippen molar-refractivity contribution in [2.45, 2.75) is 46.6 Å². The molecule has 0 aromatic carbocycles. The Hall–Kier alpha value is -0.370. The van der Waals surface area contributed by atoms with Gasteiger partial charge in [-0.3, -0.25) is 4.79 Å². The van der Waals surface area contributed by atoms with Gasteiger partial charge in [0.05, 0.1) is 5.60 Å². The van der Waals surface area contributed by atoms with Crippen molar-refractivity contribution in [3.05, 3.63) is 0 Å². The molecule has 2 nitrogen and oxygen atoms in total. The summed E-state index contributed by atoms with van der Waals surface area (Å²) in [6.45, 7) is 9.10. The summed E-state index contributed by atoms with van der Waals surface area (Å²) in [5.74, 6) is 0.478. The van der Waals surface area contributed by atoms with Crippen LogP contribution < -0.4 is 0 Å². The first-order valence-electron chi connectivity index (χ1n) is 4.47. The van der Waals surface area contributed by atoms with E-state index >= 15 is 0 Å². The summed E-state index contributed by atoms with van der Waals surface area (Å²) in [6, 6.07) is 0. The second-order valence-corrected chi connectivity index (χ2v) is 4.48. The highest BCUT2D eigenvalue weighted by molar-refractivity contribution is 5.78. The second-order valence-electron chi connectivity index (χ2n) is 4.48. The van der Waals surface area contributed by atoms with Crippen molar-refractivity contribution in [2.24, 2.45) is 11.8 Å². The smallest absolute Gasteiger partial charge is 0.133 e. The van der Waals surface area contributed by atoms with Crippen LogP contribution in [-0.4, -0.2) is 16.5 Å². The summed E-state index contributed by atoms with van der Waals surface area (Å²) in [6.07, 6.45) is 0.556. The fraction of sp³-hybridized carbons (Fsp3) is 0.900. The molecule has 2 heteroatoms. The second kappa shape index (κ2) is 4.04. The first-order valence-corrected chi connectivity index (χ1v) is 4.47. The molecule has 0 bridgehead atoms. The molecule has 0 aliphatic heterocycles. The lowest BCUT2D eigenvalue weighted by Gasteiger charge is -2.25. The molecule has 72 valence electrons. The maximum Gasteiger partial charge on any atom is 0.133 e. The van der Waals surface area contributed by atoms with E-state index in [9.17, 15) is 9.90 Å². The van der Waals surface area contributed by atoms with Gasteiger partial charge in [-0.25, -0.2) is 0 Å². The lowest BCUT2D eigenvalue weighted by atomic mass is 9.83. The van der Waals surface area contributed by atoms with Gasteiger partial charge in [-0.15, -0.1) is 0 Å². The van der Waals surface area contributed by atoms with Crippen LogP contribution in [0.2, 0.25) is 0 Å². The largest absolute Gasteiger partial charge is 0.390 e. The van der Waals surface area contributed by atoms with Gasteiger partial charge >= 0.3 is 0 Å². The number of carbonyl (C=O) groups excluding carboxylic acids is 1. The van der Waals surface area contributed by atoms with Crippen molar-refractivity contribution in [3.63, 3.8) is 0 Å². The first-order chi connectivity index (χ1) is 5.24. The van der Waals surface area contributed by atoms with Gasteiger partial charge in [0, 0.05) is 5.92 Å². The van der Waals surface area contributed by atoms with Crippen LogP contribution >= 0.6 is 0 Å². The molecule has 0 spiro atoms. The fourth-order valence-electron chi connectivity index (χ4n) is 1.39. The van der Waals surface area contributed by atoms with Gasteiger partial charge in [0.25, 0.3) is 0 Å². The Bertz CT molecular complexity index is 154. The van der Waals surface area contributed by atoms with Crippen molar-refractivity contribution < 1.29 is 9.90 Å². The quantitative estimate of drug-likeness (QED) is 0.704. The lowest BCUT2D eigenvalue weighted by Crippen LogP contribution is -2.29. The minimum absolute atomic E-state index is 0.00926. The molecule has 0 radical (unpaired) electrons. The highest BCUT2D eigenvalue weighted by Crippen LogP contribution is 2.23. The molecule has 0 aliphatic carbocycles. The monoisotopic (exact) mass is 172 g/mol. The molecule has 0 aliphatic rings. The first kappa shape index (κ1) is 11.6. The fourth-order valence-corrected chi connectivity index (χ4v) is 1.39. The van der Waals surface area contributed by atoms with E-state index in [2.05, 4.69) is 0 Å². The zero-order valence-corrected chi connectivity index (χ0v) is 8.72. The summed E-state index contributed by atoms with van der Waals surface area (Å²) < 4.78 is 0. The Morgan fingerprint density at radius 1 is 1.42 bits per heavy atom. The average Bonchev–Trinajstić information content (AvgIpc) is 1.79. The predicted molar refractivity (Wildman–Crippen MR) is 49.9 cm³/mol. The molecule has 0 amide bonds. The molecular formula is C10H20O2. The molecular weight excluding hydrogens is 152 g/mol. The van der Waals surface area contributed by atoms with Gasteiger partial charge in [0.2, 0.25) is 0 Å². The van der Waals surface area contributed by atoms with Gasteiger partial charge in [-0.1, -0.05) is 13.8 Å². The van der Waals surface area contributed by atoms with E-state index in [0.29, 0.717) is 12.3 Å². The third-order valence-corrected chi connectivity index (χ3v) is 2.05. The number of Topliss-reactive ketones (excluding diaryl/α,β-unsaturated/α-hetero) is 1. The van der Waals surface area contributed by atoms with Gasteiger partial charge in [-0.05, 0) is 33.1 Å². The lowest BCUT2D eigenvalue weighted by molar-refractivity contribution is -0.124. The summed E-state index contributed by atoms with van der Waals surface area (Å²) in [5, 5.41) is 9.53. The molecule has 0 saturated carbocycles. The van der Waals surface area contributed by atoms with Crippen LogP contribution in [0.25, 0.3) is 0 Å². The topological polar surface area (TPSA) is 37.3 Å². The molecule has 12 heavy (non-hydrogen) atoms. The zero-order valence-electron chi connectivity index (χ0n) is 8.72. The number of ketones is 1. The van der Waals surface area contributed by atoms with Gasteiger partial charge in [0.1, 0.15) is 5.78 Å². The highest BCUT2D eigenvalue weighted by Gasteiger charge is 2.25. The van der Waals surface area contributed by atoms with E-state index in [-0.39, 0.29) is 11.7 Å². The third-order valence-electron chi connectivity index (χ3n) is 2.05. The maximum atomic E-state index is 11.2. The van der Waals surface area contributed by atoms with Crippen molar-refractivity contribution >= 4 is 5.78 Å². The van der Waals surface area contributed by atoms with Gasteiger partial charge in [0.15, 0.2) is 0 Å². The van der Waals surface area contributed by atoms with Crippen molar-refractivity contribution in [1.29, 1.82) is 0 Å². The van der Waals surface area contributed by atoms with E-state index in [4.69, 9.17) is 0 Å². The summed E-state index contributed by atoms with van der Waals surface area (Å²) >= 11 is 0. The van der Waals surface area contributed by atoms with E-state index in [0.717, 1.165) is 0 Å². The molecule has 0 aromatic rings. The van der Waals surface area contributed by atoms with E-state index < -0.39 is 5.60 Å².